The molecule has 0 aliphatic heterocycles. The van der Waals surface area contributed by atoms with Crippen LogP contribution in [0.4, 0.5) is 0 Å². The van der Waals surface area contributed by atoms with Crippen molar-refractivity contribution in [1.29, 1.82) is 0 Å². The normalized spacial score (nSPS) is 13.1. The van der Waals surface area contributed by atoms with Crippen LogP contribution < -0.4 is 10.5 Å². The van der Waals surface area contributed by atoms with Crippen molar-refractivity contribution >= 4 is 22.0 Å². The number of primary amides is 1. The van der Waals surface area contributed by atoms with Crippen molar-refractivity contribution in [3.8, 4) is 0 Å². The van der Waals surface area contributed by atoms with Crippen LogP contribution in [-0.4, -0.2) is 14.3 Å². The molecule has 1 atom stereocenters. The van der Waals surface area contributed by atoms with Crippen molar-refractivity contribution in [2.75, 3.05) is 0 Å². The van der Waals surface area contributed by atoms with Gasteiger partial charge in [0.1, 0.15) is 6.04 Å². The fourth-order valence-corrected chi connectivity index (χ4v) is 2.98. The third-order valence-corrected chi connectivity index (χ3v) is 4.28. The number of nitrogens with one attached hydrogen (secondary N) is 1. The minimum atomic E-state index is -3.81. The number of sulfonamides is 1. The summed E-state index contributed by atoms with van der Waals surface area (Å²) >= 11 is 0. The summed E-state index contributed by atoms with van der Waals surface area (Å²) in [6.45, 7) is 1.95. The van der Waals surface area contributed by atoms with Gasteiger partial charge in [-0.2, -0.15) is 4.72 Å². The summed E-state index contributed by atoms with van der Waals surface area (Å²) in [5, 5.41) is 1.02. The molecule has 0 saturated carbocycles. The molecule has 0 fully saturated rings. The van der Waals surface area contributed by atoms with Gasteiger partial charge in [-0.15, -0.1) is 0 Å². The van der Waals surface area contributed by atoms with Gasteiger partial charge in [-0.3, -0.25) is 4.79 Å². The van der Waals surface area contributed by atoms with Crippen LogP contribution >= 0.6 is 0 Å². The maximum atomic E-state index is 12.2. The van der Waals surface area contributed by atoms with E-state index in [1.54, 1.807) is 30.3 Å². The van der Waals surface area contributed by atoms with Crippen molar-refractivity contribution < 1.29 is 13.2 Å². The Balaban J connectivity index is 2.18. The molecule has 0 aliphatic rings. The maximum Gasteiger partial charge on any atom is 0.240 e. The first-order valence-corrected chi connectivity index (χ1v) is 8.53. The third kappa shape index (κ3) is 5.05. The second-order valence-electron chi connectivity index (χ2n) is 5.12. The van der Waals surface area contributed by atoms with Crippen molar-refractivity contribution in [1.82, 2.24) is 4.72 Å². The number of carbonyl (C=O) groups is 1. The molecule has 2 aromatic carbocycles. The molecule has 0 radical (unpaired) electrons. The molecule has 2 aromatic rings. The molecular weight excluding hydrogens is 312 g/mol. The monoisotopic (exact) mass is 330 g/mol. The number of carbonyl (C=O) groups excluding carboxylic acids is 1. The molecular formula is C17H18N2O3S. The van der Waals surface area contributed by atoms with Crippen LogP contribution in [0.15, 0.2) is 60.0 Å². The molecule has 0 heterocycles. The Hall–Kier alpha value is -2.44. The van der Waals surface area contributed by atoms with Crippen LogP contribution in [-0.2, 0) is 14.8 Å². The minimum Gasteiger partial charge on any atom is -0.368 e. The molecule has 0 aliphatic carbocycles. The molecule has 23 heavy (non-hydrogen) atoms. The van der Waals surface area contributed by atoms with Crippen LogP contribution in [0.3, 0.4) is 0 Å². The van der Waals surface area contributed by atoms with Gasteiger partial charge in [0.2, 0.25) is 15.9 Å². The Morgan fingerprint density at radius 3 is 2.26 bits per heavy atom. The lowest BCUT2D eigenvalue weighted by Crippen LogP contribution is -2.36. The Bertz CT molecular complexity index is 797. The van der Waals surface area contributed by atoms with E-state index in [0.29, 0.717) is 5.56 Å². The van der Waals surface area contributed by atoms with E-state index in [2.05, 4.69) is 4.72 Å². The zero-order chi connectivity index (χ0) is 16.9. The highest BCUT2D eigenvalue weighted by molar-refractivity contribution is 7.92. The van der Waals surface area contributed by atoms with Gasteiger partial charge in [-0.1, -0.05) is 60.2 Å². The van der Waals surface area contributed by atoms with E-state index in [1.165, 1.54) is 6.08 Å². The molecule has 6 heteroatoms. The van der Waals surface area contributed by atoms with Crippen molar-refractivity contribution in [2.24, 2.45) is 5.73 Å². The van der Waals surface area contributed by atoms with Crippen LogP contribution in [0, 0.1) is 6.92 Å². The summed E-state index contributed by atoms with van der Waals surface area (Å²) < 4.78 is 26.6. The number of nitrogens with two attached hydrogens (primary N) is 1. The SMILES string of the molecule is Cc1ccc(/C=C/S(=O)(=O)N[C@@H](C(N)=O)c2ccccc2)cc1. The quantitative estimate of drug-likeness (QED) is 0.850. The number of hydrogen-bond acceptors (Lipinski definition) is 3. The number of hydrogen-bond donors (Lipinski definition) is 2. The Morgan fingerprint density at radius 2 is 1.70 bits per heavy atom. The van der Waals surface area contributed by atoms with Gasteiger partial charge in [0.05, 0.1) is 0 Å². The molecule has 5 nitrogen and oxygen atoms in total. The fourth-order valence-electron chi connectivity index (χ4n) is 1.99. The molecule has 0 aromatic heterocycles. The van der Waals surface area contributed by atoms with E-state index in [-0.39, 0.29) is 0 Å². The van der Waals surface area contributed by atoms with E-state index >= 15 is 0 Å². The molecule has 0 saturated heterocycles. The van der Waals surface area contributed by atoms with Crippen LogP contribution in [0.1, 0.15) is 22.7 Å². The van der Waals surface area contributed by atoms with Crippen LogP contribution in [0.25, 0.3) is 6.08 Å². The van der Waals surface area contributed by atoms with E-state index < -0.39 is 22.0 Å². The van der Waals surface area contributed by atoms with Gasteiger partial charge in [0.15, 0.2) is 0 Å². The summed E-state index contributed by atoms with van der Waals surface area (Å²) in [7, 11) is -3.81. The second kappa shape index (κ2) is 7.21. The summed E-state index contributed by atoms with van der Waals surface area (Å²) in [6.07, 6.45) is 1.46. The average molecular weight is 330 g/mol. The number of aryl methyl sites for hydroxylation is 1. The summed E-state index contributed by atoms with van der Waals surface area (Å²) in [5.41, 5.74) is 7.63. The summed E-state index contributed by atoms with van der Waals surface area (Å²) in [6, 6.07) is 14.8. The zero-order valence-corrected chi connectivity index (χ0v) is 13.5. The number of amides is 1. The molecule has 3 N–H and O–H groups in total. The van der Waals surface area contributed by atoms with Crippen molar-refractivity contribution in [3.05, 3.63) is 76.7 Å². The van der Waals surface area contributed by atoms with Gasteiger partial charge >= 0.3 is 0 Å². The van der Waals surface area contributed by atoms with Crippen LogP contribution in [0.2, 0.25) is 0 Å². The minimum absolute atomic E-state index is 0.493. The van der Waals surface area contributed by atoms with E-state index in [4.69, 9.17) is 5.73 Å². The number of rotatable bonds is 6. The Kier molecular flexibility index (Phi) is 5.31. The second-order valence-corrected chi connectivity index (χ2v) is 6.72. The highest BCUT2D eigenvalue weighted by Crippen LogP contribution is 2.14. The van der Waals surface area contributed by atoms with E-state index in [0.717, 1.165) is 16.5 Å². The first-order valence-electron chi connectivity index (χ1n) is 6.99. The molecule has 1 amide bonds. The topological polar surface area (TPSA) is 89.3 Å². The maximum absolute atomic E-state index is 12.2. The zero-order valence-electron chi connectivity index (χ0n) is 12.6. The predicted molar refractivity (Wildman–Crippen MR) is 90.6 cm³/mol. The number of benzene rings is 2. The fraction of sp³-hybridized carbons (Fsp3) is 0.118. The lowest BCUT2D eigenvalue weighted by molar-refractivity contribution is -0.119. The molecule has 2 rings (SSSR count). The summed E-state index contributed by atoms with van der Waals surface area (Å²) in [4.78, 5) is 11.6. The molecule has 0 bridgehead atoms. The highest BCUT2D eigenvalue weighted by atomic mass is 32.2. The van der Waals surface area contributed by atoms with Gasteiger partial charge in [0.25, 0.3) is 0 Å². The average Bonchev–Trinajstić information content (AvgIpc) is 2.53. The summed E-state index contributed by atoms with van der Waals surface area (Å²) in [5.74, 6) is -0.761. The van der Waals surface area contributed by atoms with Gasteiger partial charge in [0, 0.05) is 5.41 Å². The largest absolute Gasteiger partial charge is 0.368 e. The van der Waals surface area contributed by atoms with E-state index in [1.807, 2.05) is 31.2 Å². The lowest BCUT2D eigenvalue weighted by Gasteiger charge is -2.14. The van der Waals surface area contributed by atoms with Crippen molar-refractivity contribution in [3.63, 3.8) is 0 Å². The van der Waals surface area contributed by atoms with Gasteiger partial charge < -0.3 is 5.73 Å². The molecule has 0 unspecified atom stereocenters. The van der Waals surface area contributed by atoms with Gasteiger partial charge in [-0.25, -0.2) is 8.42 Å². The molecule has 120 valence electrons. The first kappa shape index (κ1) is 16.9. The highest BCUT2D eigenvalue weighted by Gasteiger charge is 2.22. The van der Waals surface area contributed by atoms with Crippen molar-refractivity contribution in [2.45, 2.75) is 13.0 Å². The lowest BCUT2D eigenvalue weighted by atomic mass is 10.1. The third-order valence-electron chi connectivity index (χ3n) is 3.22. The standard InChI is InChI=1S/C17H18N2O3S/c1-13-7-9-14(10-8-13)11-12-23(21,22)19-16(17(18)20)15-5-3-2-4-6-15/h2-12,16,19H,1H3,(H2,18,20)/b12-11+/t16-/m1/s1. The molecule has 0 spiro atoms. The Morgan fingerprint density at radius 1 is 1.09 bits per heavy atom. The Labute approximate surface area is 135 Å². The van der Waals surface area contributed by atoms with Crippen LogP contribution in [0.5, 0.6) is 0 Å². The predicted octanol–water partition coefficient (Wildman–Crippen LogP) is 2.11. The smallest absolute Gasteiger partial charge is 0.240 e. The van der Waals surface area contributed by atoms with E-state index in [9.17, 15) is 13.2 Å². The first-order chi connectivity index (χ1) is 10.9. The van der Waals surface area contributed by atoms with Gasteiger partial charge in [-0.05, 0) is 24.1 Å².